The number of halogens is 2. The maximum absolute atomic E-state index is 15.2. The van der Waals surface area contributed by atoms with Gasteiger partial charge in [0.05, 0.1) is 31.4 Å². The number of aromatic nitrogens is 3. The Morgan fingerprint density at radius 2 is 1.64 bits per heavy atom. The summed E-state index contributed by atoms with van der Waals surface area (Å²) in [6.45, 7) is 4.67. The van der Waals surface area contributed by atoms with E-state index in [0.717, 1.165) is 39.3 Å². The second kappa shape index (κ2) is 13.1. The molecule has 1 aliphatic heterocycles. The van der Waals surface area contributed by atoms with E-state index in [-0.39, 0.29) is 41.7 Å². The molecule has 9 nitrogen and oxygen atoms in total. The maximum Gasteiger partial charge on any atom is 0.233 e. The van der Waals surface area contributed by atoms with Gasteiger partial charge in [-0.2, -0.15) is 0 Å². The highest BCUT2D eigenvalue weighted by Crippen LogP contribution is 2.49. The van der Waals surface area contributed by atoms with Gasteiger partial charge in [0.2, 0.25) is 5.88 Å². The van der Waals surface area contributed by atoms with Crippen LogP contribution in [0.2, 0.25) is 0 Å². The molecule has 0 atom stereocenters. The van der Waals surface area contributed by atoms with Crippen LogP contribution in [-0.4, -0.2) is 70.9 Å². The van der Waals surface area contributed by atoms with Crippen LogP contribution in [0.15, 0.2) is 60.9 Å². The summed E-state index contributed by atoms with van der Waals surface area (Å²) in [5.74, 6) is -0.970. The van der Waals surface area contributed by atoms with Crippen molar-refractivity contribution in [2.24, 2.45) is 5.41 Å². The van der Waals surface area contributed by atoms with E-state index in [1.165, 1.54) is 36.7 Å². The monoisotopic (exact) mass is 602 g/mol. The number of ketones is 2. The van der Waals surface area contributed by atoms with Gasteiger partial charge in [-0.1, -0.05) is 18.2 Å². The van der Waals surface area contributed by atoms with Crippen LogP contribution in [0, 0.1) is 17.0 Å². The second-order valence-corrected chi connectivity index (χ2v) is 11.1. The molecule has 11 heteroatoms. The molecule has 0 N–H and O–H groups in total. The van der Waals surface area contributed by atoms with Crippen LogP contribution in [0.1, 0.15) is 30.4 Å². The molecule has 0 spiro atoms. The van der Waals surface area contributed by atoms with E-state index >= 15 is 4.39 Å². The predicted molar refractivity (Wildman–Crippen MR) is 157 cm³/mol. The van der Waals surface area contributed by atoms with Gasteiger partial charge < -0.3 is 14.2 Å². The minimum Gasteiger partial charge on any atom is -0.477 e. The lowest BCUT2D eigenvalue weighted by Crippen LogP contribution is -2.37. The number of hydrogen-bond acceptors (Lipinski definition) is 9. The average Bonchev–Trinajstić information content (AvgIpc) is 3.85. The molecule has 2 fully saturated rings. The van der Waals surface area contributed by atoms with Crippen LogP contribution in [0.5, 0.6) is 17.4 Å². The molecule has 0 amide bonds. The molecule has 3 heterocycles. The van der Waals surface area contributed by atoms with Gasteiger partial charge in [0.1, 0.15) is 5.82 Å². The Balaban J connectivity index is 1.08. The highest BCUT2D eigenvalue weighted by molar-refractivity contribution is 6.10. The quantitative estimate of drug-likeness (QED) is 0.156. The molecular weight excluding hydrogens is 570 g/mol. The first-order valence-corrected chi connectivity index (χ1v) is 14.7. The van der Waals surface area contributed by atoms with Gasteiger partial charge >= 0.3 is 0 Å². The number of rotatable bonds is 13. The molecule has 6 rings (SSSR count). The number of carbonyl (C=O) groups excluding carboxylic acids is 2. The van der Waals surface area contributed by atoms with E-state index in [1.807, 2.05) is 0 Å². The normalized spacial score (nSPS) is 16.0. The van der Waals surface area contributed by atoms with Crippen molar-refractivity contribution >= 4 is 22.7 Å². The molecule has 4 aromatic rings. The minimum absolute atomic E-state index is 0.0527. The van der Waals surface area contributed by atoms with Gasteiger partial charge in [-0.15, -0.1) is 0 Å². The fraction of sp³-hybridized carbons (Fsp3) is 0.364. The lowest BCUT2D eigenvalue weighted by Gasteiger charge is -2.26. The number of ether oxygens (including phenoxy) is 3. The average molecular weight is 603 g/mol. The van der Waals surface area contributed by atoms with Gasteiger partial charge in [0.15, 0.2) is 40.0 Å². The summed E-state index contributed by atoms with van der Waals surface area (Å²) in [7, 11) is 0. The lowest BCUT2D eigenvalue weighted by molar-refractivity contribution is -0.133. The fourth-order valence-electron chi connectivity index (χ4n) is 5.33. The third kappa shape index (κ3) is 6.89. The fourth-order valence-corrected chi connectivity index (χ4v) is 5.33. The van der Waals surface area contributed by atoms with Crippen LogP contribution in [-0.2, 0) is 27.2 Å². The molecule has 0 bridgehead atoms. The van der Waals surface area contributed by atoms with E-state index in [1.54, 1.807) is 24.3 Å². The van der Waals surface area contributed by atoms with Gasteiger partial charge in [0, 0.05) is 44.7 Å². The van der Waals surface area contributed by atoms with Crippen molar-refractivity contribution in [3.8, 4) is 17.4 Å². The summed E-state index contributed by atoms with van der Waals surface area (Å²) in [5.41, 5.74) is 0.682. The van der Waals surface area contributed by atoms with E-state index < -0.39 is 11.2 Å². The van der Waals surface area contributed by atoms with Crippen molar-refractivity contribution in [1.29, 1.82) is 0 Å². The number of carbonyl (C=O) groups is 2. The van der Waals surface area contributed by atoms with Gasteiger partial charge in [-0.3, -0.25) is 14.5 Å². The summed E-state index contributed by atoms with van der Waals surface area (Å²) in [4.78, 5) is 41.5. The third-order valence-corrected chi connectivity index (χ3v) is 8.04. The summed E-state index contributed by atoms with van der Waals surface area (Å²) in [6.07, 6.45) is 4.71. The Labute approximate surface area is 253 Å². The molecule has 1 saturated carbocycles. The Morgan fingerprint density at radius 1 is 0.909 bits per heavy atom. The standard InChI is InChI=1S/C33H32F2N4O5/c34-24-5-2-22(3-6-24)19-28(40)33(9-10-33)29(41)20-23-4-7-26(25(35)18-23)44-27-8-11-36-32-31(27)38-30(21-37-32)43-15-1-12-39-13-16-42-17-14-39/h2-8,11,18,21H,1,9-10,12-17,19-20H2. The number of hydrogen-bond donors (Lipinski definition) is 0. The van der Waals surface area contributed by atoms with E-state index in [4.69, 9.17) is 14.2 Å². The topological polar surface area (TPSA) is 104 Å². The molecule has 2 aromatic heterocycles. The van der Waals surface area contributed by atoms with Gasteiger partial charge in [-0.05, 0) is 54.7 Å². The van der Waals surface area contributed by atoms with E-state index in [2.05, 4.69) is 19.9 Å². The zero-order chi connectivity index (χ0) is 30.5. The molecule has 0 unspecified atom stereocenters. The Morgan fingerprint density at radius 3 is 2.36 bits per heavy atom. The van der Waals surface area contributed by atoms with Crippen molar-refractivity contribution in [2.75, 3.05) is 39.5 Å². The number of pyridine rings is 1. The van der Waals surface area contributed by atoms with Crippen molar-refractivity contribution < 1.29 is 32.6 Å². The number of fused-ring (bicyclic) bond motifs is 1. The number of benzene rings is 2. The Bertz CT molecular complexity index is 1660. The number of Topliss-reactive ketones (excluding diaryl/α,β-unsaturated/α-hetero) is 2. The summed E-state index contributed by atoms with van der Waals surface area (Å²) in [6, 6.07) is 11.5. The summed E-state index contributed by atoms with van der Waals surface area (Å²) < 4.78 is 45.5. The molecule has 228 valence electrons. The highest BCUT2D eigenvalue weighted by atomic mass is 19.1. The first-order valence-electron chi connectivity index (χ1n) is 14.7. The van der Waals surface area contributed by atoms with Crippen molar-refractivity contribution in [1.82, 2.24) is 19.9 Å². The van der Waals surface area contributed by atoms with Crippen LogP contribution in [0.3, 0.4) is 0 Å². The predicted octanol–water partition coefficient (Wildman–Crippen LogP) is 4.90. The third-order valence-electron chi connectivity index (χ3n) is 8.04. The second-order valence-electron chi connectivity index (χ2n) is 11.1. The van der Waals surface area contributed by atoms with E-state index in [0.29, 0.717) is 47.6 Å². The van der Waals surface area contributed by atoms with Gasteiger partial charge in [-0.25, -0.2) is 23.7 Å². The molecule has 1 saturated heterocycles. The smallest absolute Gasteiger partial charge is 0.233 e. The van der Waals surface area contributed by atoms with Gasteiger partial charge in [0.25, 0.3) is 0 Å². The van der Waals surface area contributed by atoms with Crippen LogP contribution < -0.4 is 9.47 Å². The van der Waals surface area contributed by atoms with Crippen molar-refractivity contribution in [3.63, 3.8) is 0 Å². The van der Waals surface area contributed by atoms with E-state index in [9.17, 15) is 14.0 Å². The maximum atomic E-state index is 15.2. The molecule has 0 radical (unpaired) electrons. The lowest BCUT2D eigenvalue weighted by atomic mass is 9.88. The van der Waals surface area contributed by atoms with Crippen LogP contribution in [0.25, 0.3) is 11.2 Å². The summed E-state index contributed by atoms with van der Waals surface area (Å²) in [5, 5.41) is 0. The molecule has 2 aliphatic rings. The highest BCUT2D eigenvalue weighted by Gasteiger charge is 2.54. The zero-order valence-electron chi connectivity index (χ0n) is 24.1. The number of nitrogens with zero attached hydrogens (tertiary/aromatic N) is 4. The number of morpholine rings is 1. The van der Waals surface area contributed by atoms with Crippen LogP contribution in [0.4, 0.5) is 8.78 Å². The zero-order valence-corrected chi connectivity index (χ0v) is 24.1. The largest absolute Gasteiger partial charge is 0.477 e. The van der Waals surface area contributed by atoms with Crippen molar-refractivity contribution in [2.45, 2.75) is 32.1 Å². The first-order chi connectivity index (χ1) is 21.4. The minimum atomic E-state index is -1.06. The van der Waals surface area contributed by atoms with Crippen LogP contribution >= 0.6 is 0 Å². The Hall–Kier alpha value is -4.35. The molecule has 2 aromatic carbocycles. The first kappa shape index (κ1) is 29.7. The van der Waals surface area contributed by atoms with Crippen molar-refractivity contribution in [3.05, 3.63) is 83.7 Å². The molecular formula is C33H32F2N4O5. The Kier molecular flexibility index (Phi) is 8.85. The molecule has 44 heavy (non-hydrogen) atoms. The SMILES string of the molecule is O=C(Cc1ccc(F)cc1)C1(C(=O)Cc2ccc(Oc3ccnc4ncc(OCCCN5CCOCC5)nc34)c(F)c2)CC1. The molecule has 1 aliphatic carbocycles. The summed E-state index contributed by atoms with van der Waals surface area (Å²) >= 11 is 0.